The predicted molar refractivity (Wildman–Crippen MR) is 140 cm³/mol. The van der Waals surface area contributed by atoms with E-state index in [0.29, 0.717) is 9.79 Å². The van der Waals surface area contributed by atoms with Crippen molar-refractivity contribution in [2.45, 2.75) is 53.5 Å². The summed E-state index contributed by atoms with van der Waals surface area (Å²) in [5.41, 5.74) is 2.92. The van der Waals surface area contributed by atoms with E-state index in [2.05, 4.69) is 4.90 Å². The van der Waals surface area contributed by atoms with Crippen LogP contribution < -0.4 is 0 Å². The SMILES string of the molecule is Cc1ccc(S(=O)C(C(c2ccc([N+](=O)[O-])cc2)N2CCCCC2)S(=O)c2ccc(C)cc2)cc1. The first-order valence-electron chi connectivity index (χ1n) is 11.8. The van der Waals surface area contributed by atoms with E-state index in [-0.39, 0.29) is 5.69 Å². The molecule has 0 aromatic heterocycles. The molecule has 0 amide bonds. The van der Waals surface area contributed by atoms with Crippen LogP contribution in [0.25, 0.3) is 0 Å². The summed E-state index contributed by atoms with van der Waals surface area (Å²) in [5, 5.41) is 11.3. The Labute approximate surface area is 211 Å². The number of rotatable bonds is 8. The number of aryl methyl sites for hydroxylation is 2. The lowest BCUT2D eigenvalue weighted by molar-refractivity contribution is -0.384. The van der Waals surface area contributed by atoms with Crippen LogP contribution in [0.1, 0.15) is 42.0 Å². The number of hydrogen-bond donors (Lipinski definition) is 0. The number of piperidine rings is 1. The zero-order valence-electron chi connectivity index (χ0n) is 20.0. The van der Waals surface area contributed by atoms with Crippen LogP contribution in [0.5, 0.6) is 0 Å². The first kappa shape index (κ1) is 25.4. The van der Waals surface area contributed by atoms with E-state index in [9.17, 15) is 18.5 Å². The summed E-state index contributed by atoms with van der Waals surface area (Å²) < 4.78 is 27.6. The molecule has 3 unspecified atom stereocenters. The highest BCUT2D eigenvalue weighted by Crippen LogP contribution is 2.36. The summed E-state index contributed by atoms with van der Waals surface area (Å²) in [5.74, 6) is 0. The Bertz CT molecular complexity index is 1150. The molecule has 1 aliphatic heterocycles. The highest BCUT2D eigenvalue weighted by Gasteiger charge is 2.39. The number of nitro benzene ring substituents is 1. The first-order valence-corrected chi connectivity index (χ1v) is 14.2. The van der Waals surface area contributed by atoms with E-state index in [1.165, 1.54) is 12.1 Å². The number of hydrogen-bond acceptors (Lipinski definition) is 5. The Hall–Kier alpha value is -2.68. The van der Waals surface area contributed by atoms with Crippen molar-refractivity contribution in [3.05, 3.63) is 99.6 Å². The summed E-state index contributed by atoms with van der Waals surface area (Å²) >= 11 is 0. The molecule has 35 heavy (non-hydrogen) atoms. The topological polar surface area (TPSA) is 80.5 Å². The Morgan fingerprint density at radius 3 is 1.63 bits per heavy atom. The van der Waals surface area contributed by atoms with Gasteiger partial charge in [-0.05, 0) is 69.6 Å². The quantitative estimate of drug-likeness (QED) is 0.288. The standard InChI is InChI=1S/C27H30N2O4S2/c1-20-6-14-24(15-7-20)34(32)27(35(33)25-16-8-21(2)9-17-25)26(28-18-4-3-5-19-28)22-10-12-23(13-11-22)29(30)31/h6-17,26-27H,3-5,18-19H2,1-2H3. The van der Waals surface area contributed by atoms with Crippen LogP contribution >= 0.6 is 0 Å². The highest BCUT2D eigenvalue weighted by atomic mass is 32.2. The zero-order valence-corrected chi connectivity index (χ0v) is 21.6. The van der Waals surface area contributed by atoms with Gasteiger partial charge in [-0.3, -0.25) is 23.4 Å². The highest BCUT2D eigenvalue weighted by molar-refractivity contribution is 8.03. The molecule has 0 spiro atoms. The van der Waals surface area contributed by atoms with Gasteiger partial charge in [0.05, 0.1) is 32.6 Å². The summed E-state index contributed by atoms with van der Waals surface area (Å²) in [6.45, 7) is 5.55. The van der Waals surface area contributed by atoms with E-state index >= 15 is 0 Å². The van der Waals surface area contributed by atoms with Gasteiger partial charge in [-0.2, -0.15) is 0 Å². The summed E-state index contributed by atoms with van der Waals surface area (Å²) in [4.78, 5) is 14.3. The molecule has 1 heterocycles. The smallest absolute Gasteiger partial charge is 0.269 e. The number of non-ortho nitro benzene ring substituents is 1. The maximum Gasteiger partial charge on any atom is 0.269 e. The van der Waals surface area contributed by atoms with Crippen molar-refractivity contribution in [1.29, 1.82) is 0 Å². The monoisotopic (exact) mass is 510 g/mol. The lowest BCUT2D eigenvalue weighted by Gasteiger charge is -2.38. The van der Waals surface area contributed by atoms with Crippen LogP contribution in [0.4, 0.5) is 5.69 Å². The second kappa shape index (κ2) is 11.4. The van der Waals surface area contributed by atoms with Crippen LogP contribution in [0.3, 0.4) is 0 Å². The van der Waals surface area contributed by atoms with Crippen LogP contribution in [-0.2, 0) is 21.6 Å². The fraction of sp³-hybridized carbons (Fsp3) is 0.333. The molecule has 4 rings (SSSR count). The van der Waals surface area contributed by atoms with Gasteiger partial charge in [0.25, 0.3) is 5.69 Å². The lowest BCUT2D eigenvalue weighted by Crippen LogP contribution is -2.43. The lowest BCUT2D eigenvalue weighted by atomic mass is 10.0. The Balaban J connectivity index is 1.84. The van der Waals surface area contributed by atoms with Crippen molar-refractivity contribution >= 4 is 27.3 Å². The van der Waals surface area contributed by atoms with Crippen LogP contribution in [0.2, 0.25) is 0 Å². The number of nitrogens with zero attached hydrogens (tertiary/aromatic N) is 2. The summed E-state index contributed by atoms with van der Waals surface area (Å²) in [6, 6.07) is 21.0. The maximum atomic E-state index is 14.2. The number of benzene rings is 3. The second-order valence-electron chi connectivity index (χ2n) is 8.98. The van der Waals surface area contributed by atoms with Crippen LogP contribution in [0.15, 0.2) is 82.6 Å². The average Bonchev–Trinajstić information content (AvgIpc) is 2.88. The molecule has 0 saturated carbocycles. The first-order chi connectivity index (χ1) is 16.8. The molecular weight excluding hydrogens is 480 g/mol. The Kier molecular flexibility index (Phi) is 8.26. The van der Waals surface area contributed by atoms with Gasteiger partial charge < -0.3 is 0 Å². The van der Waals surface area contributed by atoms with E-state index in [1.54, 1.807) is 12.1 Å². The molecule has 0 bridgehead atoms. The normalized spacial score (nSPS) is 17.9. The molecule has 0 N–H and O–H groups in total. The predicted octanol–water partition coefficient (Wildman–Crippen LogP) is 5.68. The molecule has 1 saturated heterocycles. The molecular formula is C27H30N2O4S2. The molecule has 1 fully saturated rings. The largest absolute Gasteiger partial charge is 0.294 e. The third kappa shape index (κ3) is 5.94. The van der Waals surface area contributed by atoms with E-state index < -0.39 is 37.1 Å². The number of nitro groups is 1. The molecule has 1 aliphatic rings. The minimum atomic E-state index is -1.59. The van der Waals surface area contributed by atoms with Crippen LogP contribution in [-0.4, -0.2) is 35.9 Å². The van der Waals surface area contributed by atoms with Crippen molar-refractivity contribution in [3.8, 4) is 0 Å². The third-order valence-electron chi connectivity index (χ3n) is 6.42. The summed E-state index contributed by atoms with van der Waals surface area (Å²) in [7, 11) is -3.17. The number of likely N-dealkylation sites (tertiary alicyclic amines) is 1. The van der Waals surface area contributed by atoms with Gasteiger partial charge in [0.15, 0.2) is 0 Å². The van der Waals surface area contributed by atoms with Gasteiger partial charge in [-0.25, -0.2) is 0 Å². The zero-order chi connectivity index (χ0) is 24.9. The molecule has 8 heteroatoms. The maximum absolute atomic E-state index is 14.2. The van der Waals surface area contributed by atoms with E-state index in [0.717, 1.165) is 49.0 Å². The Morgan fingerprint density at radius 1 is 0.743 bits per heavy atom. The van der Waals surface area contributed by atoms with E-state index in [1.807, 2.05) is 62.4 Å². The van der Waals surface area contributed by atoms with Gasteiger partial charge >= 0.3 is 0 Å². The molecule has 184 valence electrons. The van der Waals surface area contributed by atoms with Gasteiger partial charge in [-0.15, -0.1) is 0 Å². The molecule has 3 aromatic carbocycles. The second-order valence-corrected chi connectivity index (χ2v) is 12.4. The molecule has 6 nitrogen and oxygen atoms in total. The van der Waals surface area contributed by atoms with Gasteiger partial charge in [0.1, 0.15) is 4.58 Å². The van der Waals surface area contributed by atoms with Crippen molar-refractivity contribution in [1.82, 2.24) is 4.90 Å². The van der Waals surface area contributed by atoms with Crippen LogP contribution in [0, 0.1) is 24.0 Å². The fourth-order valence-corrected chi connectivity index (χ4v) is 8.23. The average molecular weight is 511 g/mol. The summed E-state index contributed by atoms with van der Waals surface area (Å²) in [6.07, 6.45) is 3.13. The van der Waals surface area contributed by atoms with Gasteiger partial charge in [0, 0.05) is 21.9 Å². The molecule has 0 radical (unpaired) electrons. The minimum Gasteiger partial charge on any atom is -0.294 e. The van der Waals surface area contributed by atoms with Crippen molar-refractivity contribution in [2.24, 2.45) is 0 Å². The van der Waals surface area contributed by atoms with E-state index in [4.69, 9.17) is 0 Å². The third-order valence-corrected chi connectivity index (χ3v) is 10.3. The molecule has 0 aliphatic carbocycles. The minimum absolute atomic E-state index is 0.00186. The molecule has 3 aromatic rings. The molecule has 3 atom stereocenters. The van der Waals surface area contributed by atoms with Crippen molar-refractivity contribution < 1.29 is 13.3 Å². The van der Waals surface area contributed by atoms with Gasteiger partial charge in [0.2, 0.25) is 0 Å². The van der Waals surface area contributed by atoms with Crippen molar-refractivity contribution in [2.75, 3.05) is 13.1 Å². The Morgan fingerprint density at radius 2 is 1.20 bits per heavy atom. The fourth-order valence-electron chi connectivity index (χ4n) is 4.46. The van der Waals surface area contributed by atoms with Crippen molar-refractivity contribution in [3.63, 3.8) is 0 Å². The van der Waals surface area contributed by atoms with Gasteiger partial charge in [-0.1, -0.05) is 53.9 Å².